The number of rotatable bonds is 4. The molecule has 142 valence electrons. The minimum Gasteiger partial charge on any atom is -0.428 e. The first-order chi connectivity index (χ1) is 12.4. The first-order valence-corrected chi connectivity index (χ1v) is 9.15. The highest BCUT2D eigenvalue weighted by molar-refractivity contribution is 9.10. The summed E-state index contributed by atoms with van der Waals surface area (Å²) in [6.07, 6.45) is -6.65. The van der Waals surface area contributed by atoms with Crippen molar-refractivity contribution in [2.24, 2.45) is 0 Å². The van der Waals surface area contributed by atoms with E-state index in [2.05, 4.69) is 26.0 Å². The molecule has 2 aromatic carbocycles. The van der Waals surface area contributed by atoms with Crippen molar-refractivity contribution in [3.8, 4) is 5.75 Å². The van der Waals surface area contributed by atoms with E-state index < -0.39 is 12.5 Å². The molecule has 1 atom stereocenters. The van der Waals surface area contributed by atoms with Gasteiger partial charge in [-0.1, -0.05) is 48.0 Å². The fourth-order valence-electron chi connectivity index (χ4n) is 2.72. The lowest BCUT2D eigenvalue weighted by Crippen LogP contribution is -2.33. The third-order valence-electron chi connectivity index (χ3n) is 3.92. The van der Waals surface area contributed by atoms with E-state index in [9.17, 15) is 17.6 Å². The maximum atomic E-state index is 12.9. The number of benzene rings is 2. The van der Waals surface area contributed by atoms with Crippen LogP contribution >= 0.6 is 15.9 Å². The number of halogens is 5. The van der Waals surface area contributed by atoms with Crippen LogP contribution in [0.15, 0.2) is 46.9 Å². The van der Waals surface area contributed by atoms with Crippen molar-refractivity contribution < 1.29 is 22.3 Å². The molecule has 0 fully saturated rings. The van der Waals surface area contributed by atoms with E-state index in [0.29, 0.717) is 0 Å². The summed E-state index contributed by atoms with van der Waals surface area (Å²) < 4.78 is 55.2. The Kier molecular flexibility index (Phi) is 6.92. The second-order valence-corrected chi connectivity index (χ2v) is 6.39. The van der Waals surface area contributed by atoms with Gasteiger partial charge in [0.15, 0.2) is 0 Å². The Morgan fingerprint density at radius 2 is 1.77 bits per heavy atom. The van der Waals surface area contributed by atoms with Crippen molar-refractivity contribution in [2.75, 3.05) is 5.32 Å². The number of nitrogens with one attached hydrogen (secondary N) is 1. The summed E-state index contributed by atoms with van der Waals surface area (Å²) in [5.41, 5.74) is 3.10. The van der Waals surface area contributed by atoms with Crippen LogP contribution in [-0.4, -0.2) is 12.5 Å². The van der Waals surface area contributed by atoms with Crippen LogP contribution in [0.1, 0.15) is 37.4 Å². The second kappa shape index (κ2) is 8.75. The predicted molar refractivity (Wildman–Crippen MR) is 98.2 cm³/mol. The van der Waals surface area contributed by atoms with Gasteiger partial charge in [-0.3, -0.25) is 0 Å². The van der Waals surface area contributed by atoms with Gasteiger partial charge in [0.05, 0.1) is 6.04 Å². The average Bonchev–Trinajstić information content (AvgIpc) is 2.63. The molecule has 0 aromatic heterocycles. The van der Waals surface area contributed by atoms with E-state index in [4.69, 9.17) is 0 Å². The first-order valence-electron chi connectivity index (χ1n) is 8.35. The summed E-state index contributed by atoms with van der Waals surface area (Å²) in [6, 6.07) is 11.7. The molecule has 2 aromatic rings. The third kappa shape index (κ3) is 4.69. The van der Waals surface area contributed by atoms with Gasteiger partial charge in [0, 0.05) is 10.2 Å². The van der Waals surface area contributed by atoms with Crippen LogP contribution in [0.25, 0.3) is 0 Å². The van der Waals surface area contributed by atoms with Crippen LogP contribution in [0.5, 0.6) is 5.75 Å². The summed E-state index contributed by atoms with van der Waals surface area (Å²) in [6.45, 7) is 4.00. The third-order valence-corrected chi connectivity index (χ3v) is 4.66. The van der Waals surface area contributed by atoms with Gasteiger partial charge in [0.1, 0.15) is 5.75 Å². The zero-order valence-corrected chi connectivity index (χ0v) is 16.0. The fraction of sp³-hybridized carbons (Fsp3) is 0.368. The van der Waals surface area contributed by atoms with Crippen molar-refractivity contribution >= 4 is 21.6 Å². The molecule has 0 radical (unpaired) electrons. The molecule has 26 heavy (non-hydrogen) atoms. The summed E-state index contributed by atoms with van der Waals surface area (Å²) >= 11 is 3.52. The zero-order chi connectivity index (χ0) is 19.3. The van der Waals surface area contributed by atoms with Crippen molar-refractivity contribution in [1.29, 1.82) is 0 Å². The van der Waals surface area contributed by atoms with Crippen LogP contribution in [0.4, 0.5) is 23.2 Å². The maximum absolute atomic E-state index is 12.9. The molecular formula is C19H20BrF4NO. The van der Waals surface area contributed by atoms with E-state index in [1.807, 2.05) is 32.0 Å². The van der Waals surface area contributed by atoms with E-state index in [-0.39, 0.29) is 11.8 Å². The van der Waals surface area contributed by atoms with Crippen LogP contribution < -0.4 is 10.1 Å². The van der Waals surface area contributed by atoms with Gasteiger partial charge < -0.3 is 10.1 Å². The Labute approximate surface area is 158 Å². The molecule has 1 N–H and O–H groups in total. The molecule has 0 bridgehead atoms. The summed E-state index contributed by atoms with van der Waals surface area (Å²) in [4.78, 5) is 0. The Balaban J connectivity index is 0.00000117. The SMILES string of the molecule is CC.FC(F)C(F)(F)Oc1ccc(C2CCc3c(Br)cccc3N2)cc1. The highest BCUT2D eigenvalue weighted by Crippen LogP contribution is 2.37. The molecule has 0 saturated carbocycles. The van der Waals surface area contributed by atoms with E-state index >= 15 is 0 Å². The first kappa shape index (κ1) is 20.6. The predicted octanol–water partition coefficient (Wildman–Crippen LogP) is 6.81. The zero-order valence-electron chi connectivity index (χ0n) is 14.4. The molecule has 7 heteroatoms. The molecule has 1 aliphatic heterocycles. The highest BCUT2D eigenvalue weighted by atomic mass is 79.9. The van der Waals surface area contributed by atoms with Gasteiger partial charge in [0.25, 0.3) is 0 Å². The number of hydrogen-bond acceptors (Lipinski definition) is 2. The van der Waals surface area contributed by atoms with Crippen LogP contribution in [0.3, 0.4) is 0 Å². The fourth-order valence-corrected chi connectivity index (χ4v) is 3.28. The standard InChI is InChI=1S/C17H14BrF4NO.C2H6/c18-13-2-1-3-15-12(13)8-9-14(23-15)10-4-6-11(7-5-10)24-17(21,22)16(19)20;1-2/h1-7,14,16,23H,8-9H2;1-2H3. The van der Waals surface area contributed by atoms with Gasteiger partial charge in [-0.2, -0.15) is 17.6 Å². The number of anilines is 1. The minimum absolute atomic E-state index is 0.0245. The number of fused-ring (bicyclic) bond motifs is 1. The number of ether oxygens (including phenoxy) is 1. The molecule has 1 aliphatic rings. The van der Waals surface area contributed by atoms with Crippen molar-refractivity contribution in [3.63, 3.8) is 0 Å². The molecule has 3 rings (SSSR count). The van der Waals surface area contributed by atoms with Gasteiger partial charge in [0.2, 0.25) is 0 Å². The van der Waals surface area contributed by atoms with Gasteiger partial charge >= 0.3 is 12.5 Å². The molecule has 0 amide bonds. The smallest absolute Gasteiger partial charge is 0.428 e. The molecule has 1 heterocycles. The molecule has 1 unspecified atom stereocenters. The summed E-state index contributed by atoms with van der Waals surface area (Å²) in [5.74, 6) is -0.289. The monoisotopic (exact) mass is 433 g/mol. The normalized spacial score (nSPS) is 16.2. The number of hydrogen-bond donors (Lipinski definition) is 1. The summed E-state index contributed by atoms with van der Waals surface area (Å²) in [7, 11) is 0. The minimum atomic E-state index is -4.49. The quantitative estimate of drug-likeness (QED) is 0.534. The van der Waals surface area contributed by atoms with Crippen molar-refractivity contribution in [2.45, 2.75) is 45.3 Å². The Morgan fingerprint density at radius 1 is 1.12 bits per heavy atom. The topological polar surface area (TPSA) is 21.3 Å². The van der Waals surface area contributed by atoms with Gasteiger partial charge in [-0.05, 0) is 48.2 Å². The molecule has 0 saturated heterocycles. The van der Waals surface area contributed by atoms with Gasteiger partial charge in [-0.15, -0.1) is 0 Å². The Morgan fingerprint density at radius 3 is 2.38 bits per heavy atom. The van der Waals surface area contributed by atoms with Crippen LogP contribution in [0.2, 0.25) is 0 Å². The number of alkyl halides is 4. The lowest BCUT2D eigenvalue weighted by Gasteiger charge is -2.28. The molecule has 0 aliphatic carbocycles. The van der Waals surface area contributed by atoms with E-state index in [0.717, 1.165) is 28.6 Å². The van der Waals surface area contributed by atoms with E-state index in [1.165, 1.54) is 17.7 Å². The molecule has 2 nitrogen and oxygen atoms in total. The second-order valence-electron chi connectivity index (χ2n) is 5.54. The lowest BCUT2D eigenvalue weighted by atomic mass is 9.93. The van der Waals surface area contributed by atoms with Crippen molar-refractivity contribution in [1.82, 2.24) is 0 Å². The van der Waals surface area contributed by atoms with Crippen LogP contribution in [-0.2, 0) is 6.42 Å². The average molecular weight is 434 g/mol. The summed E-state index contributed by atoms with van der Waals surface area (Å²) in [5, 5.41) is 3.40. The lowest BCUT2D eigenvalue weighted by molar-refractivity contribution is -0.253. The van der Waals surface area contributed by atoms with Crippen molar-refractivity contribution in [3.05, 3.63) is 58.1 Å². The molecule has 0 spiro atoms. The Bertz CT molecular complexity index is 722. The van der Waals surface area contributed by atoms with Crippen LogP contribution in [0, 0.1) is 0 Å². The highest BCUT2D eigenvalue weighted by Gasteiger charge is 2.43. The van der Waals surface area contributed by atoms with Gasteiger partial charge in [-0.25, -0.2) is 0 Å². The molecular weight excluding hydrogens is 414 g/mol. The largest absolute Gasteiger partial charge is 0.461 e. The maximum Gasteiger partial charge on any atom is 0.461 e. The van der Waals surface area contributed by atoms with E-state index in [1.54, 1.807) is 12.1 Å². The Hall–Kier alpha value is -1.76.